The van der Waals surface area contributed by atoms with Crippen LogP contribution < -0.4 is 20.0 Å². The van der Waals surface area contributed by atoms with E-state index in [1.165, 1.54) is 12.1 Å². The van der Waals surface area contributed by atoms with E-state index < -0.39 is 5.97 Å². The summed E-state index contributed by atoms with van der Waals surface area (Å²) in [4.78, 5) is 10.7. The molecule has 0 saturated heterocycles. The van der Waals surface area contributed by atoms with Crippen molar-refractivity contribution in [1.82, 2.24) is 0 Å². The molecular weight excluding hydrogens is 364 g/mol. The lowest BCUT2D eigenvalue weighted by atomic mass is 10.2. The summed E-state index contributed by atoms with van der Waals surface area (Å²) in [5.41, 5.74) is 4.38. The molecule has 0 heterocycles. The van der Waals surface area contributed by atoms with Crippen molar-refractivity contribution in [1.29, 1.82) is 0 Å². The van der Waals surface area contributed by atoms with Gasteiger partial charge in [0, 0.05) is 10.0 Å². The number of rotatable bonds is 6. The molecule has 0 saturated carbocycles. The fourth-order valence-electron chi connectivity index (χ4n) is 1.83. The van der Waals surface area contributed by atoms with Crippen LogP contribution in [0.2, 0.25) is 0 Å². The smallest absolute Gasteiger partial charge is 0.161 e. The van der Waals surface area contributed by atoms with Crippen molar-refractivity contribution in [2.24, 2.45) is 5.10 Å². The standard InChI is InChI=1S/C16H15BrN2O4/c1-22-14-7-11(13(17)8-15(14)23-2)9-18-19-12-5-3-10(4-6-12)16(20)21/h3-9,19H,1-2H3,(H,20,21)/p-1/b18-9-. The number of ether oxygens (including phenoxy) is 2. The molecular formula is C16H14BrN2O4-. The van der Waals surface area contributed by atoms with Crippen LogP contribution in [-0.2, 0) is 0 Å². The number of carbonyl (C=O) groups is 1. The first-order valence-corrected chi connectivity index (χ1v) is 7.36. The molecule has 0 amide bonds. The zero-order valence-electron chi connectivity index (χ0n) is 12.5. The molecule has 2 aromatic rings. The molecule has 1 N–H and O–H groups in total. The van der Waals surface area contributed by atoms with Crippen molar-refractivity contribution in [2.45, 2.75) is 0 Å². The second-order valence-corrected chi connectivity index (χ2v) is 5.32. The molecule has 2 aromatic carbocycles. The largest absolute Gasteiger partial charge is 0.545 e. The number of benzene rings is 2. The van der Waals surface area contributed by atoms with E-state index in [2.05, 4.69) is 26.5 Å². The number of carboxylic acid groups (broad SMARTS) is 1. The van der Waals surface area contributed by atoms with Gasteiger partial charge >= 0.3 is 0 Å². The van der Waals surface area contributed by atoms with E-state index in [0.29, 0.717) is 17.2 Å². The van der Waals surface area contributed by atoms with Crippen molar-refractivity contribution >= 4 is 33.8 Å². The van der Waals surface area contributed by atoms with Gasteiger partial charge in [0.05, 0.1) is 32.1 Å². The van der Waals surface area contributed by atoms with Crippen molar-refractivity contribution in [3.63, 3.8) is 0 Å². The predicted molar refractivity (Wildman–Crippen MR) is 89.2 cm³/mol. The molecule has 0 fully saturated rings. The molecule has 0 aliphatic carbocycles. The molecule has 7 heteroatoms. The van der Waals surface area contributed by atoms with E-state index in [4.69, 9.17) is 9.47 Å². The number of hydrogen-bond donors (Lipinski definition) is 1. The number of hydrazone groups is 1. The molecule has 0 unspecified atom stereocenters. The van der Waals surface area contributed by atoms with Crippen LogP contribution in [0.25, 0.3) is 0 Å². The van der Waals surface area contributed by atoms with Crippen molar-refractivity contribution in [2.75, 3.05) is 19.6 Å². The summed E-state index contributed by atoms with van der Waals surface area (Å²) in [6, 6.07) is 9.67. The first-order chi connectivity index (χ1) is 11.0. The van der Waals surface area contributed by atoms with Gasteiger partial charge in [0.15, 0.2) is 11.5 Å². The number of halogens is 1. The third kappa shape index (κ3) is 4.23. The molecule has 6 nitrogen and oxygen atoms in total. The van der Waals surface area contributed by atoms with Gasteiger partial charge in [-0.1, -0.05) is 12.1 Å². The highest BCUT2D eigenvalue weighted by Gasteiger charge is 2.08. The van der Waals surface area contributed by atoms with Crippen LogP contribution in [0, 0.1) is 0 Å². The van der Waals surface area contributed by atoms with E-state index in [1.54, 1.807) is 44.7 Å². The van der Waals surface area contributed by atoms with E-state index in [0.717, 1.165) is 10.0 Å². The van der Waals surface area contributed by atoms with Crippen LogP contribution in [0.3, 0.4) is 0 Å². The SMILES string of the molecule is COc1cc(Br)c(/C=N\Nc2ccc(C(=O)[O-])cc2)cc1OC. The van der Waals surface area contributed by atoms with Gasteiger partial charge in [-0.15, -0.1) is 0 Å². The normalized spacial score (nSPS) is 10.6. The number of carbonyl (C=O) groups excluding carboxylic acids is 1. The Hall–Kier alpha value is -2.54. The molecule has 120 valence electrons. The highest BCUT2D eigenvalue weighted by molar-refractivity contribution is 9.10. The quantitative estimate of drug-likeness (QED) is 0.616. The van der Waals surface area contributed by atoms with E-state index in [1.807, 2.05) is 0 Å². The Balaban J connectivity index is 2.12. The van der Waals surface area contributed by atoms with Gasteiger partial charge in [-0.2, -0.15) is 5.10 Å². The van der Waals surface area contributed by atoms with Gasteiger partial charge < -0.3 is 19.4 Å². The summed E-state index contributed by atoms with van der Waals surface area (Å²) >= 11 is 3.44. The molecule has 23 heavy (non-hydrogen) atoms. The molecule has 0 bridgehead atoms. The Kier molecular flexibility index (Phi) is 5.59. The molecule has 0 spiro atoms. The first kappa shape index (κ1) is 16.8. The van der Waals surface area contributed by atoms with Crippen LogP contribution in [0.4, 0.5) is 5.69 Å². The minimum atomic E-state index is -1.21. The fourth-order valence-corrected chi connectivity index (χ4v) is 2.25. The number of nitrogens with one attached hydrogen (secondary N) is 1. The maximum Gasteiger partial charge on any atom is 0.161 e. The van der Waals surface area contributed by atoms with Gasteiger partial charge in [-0.3, -0.25) is 5.43 Å². The lowest BCUT2D eigenvalue weighted by Crippen LogP contribution is -2.21. The Morgan fingerprint density at radius 1 is 1.17 bits per heavy atom. The lowest BCUT2D eigenvalue weighted by molar-refractivity contribution is -0.255. The van der Waals surface area contributed by atoms with Crippen LogP contribution in [0.15, 0.2) is 46.0 Å². The molecule has 2 rings (SSSR count). The number of carboxylic acids is 1. The molecule has 0 aliphatic heterocycles. The highest BCUT2D eigenvalue weighted by Crippen LogP contribution is 2.32. The third-order valence-corrected chi connectivity index (χ3v) is 3.71. The number of nitrogens with zero attached hydrogens (tertiary/aromatic N) is 1. The van der Waals surface area contributed by atoms with Crippen LogP contribution in [0.1, 0.15) is 15.9 Å². The summed E-state index contributed by atoms with van der Waals surface area (Å²) < 4.78 is 11.2. The summed E-state index contributed by atoms with van der Waals surface area (Å²) in [5, 5.41) is 14.8. The summed E-state index contributed by atoms with van der Waals surface area (Å²) in [7, 11) is 3.12. The first-order valence-electron chi connectivity index (χ1n) is 6.57. The molecule has 0 aliphatic rings. The highest BCUT2D eigenvalue weighted by atomic mass is 79.9. The van der Waals surface area contributed by atoms with Crippen molar-refractivity contribution in [3.05, 3.63) is 52.0 Å². The Morgan fingerprint density at radius 2 is 1.78 bits per heavy atom. The monoisotopic (exact) mass is 377 g/mol. The number of hydrogen-bond acceptors (Lipinski definition) is 6. The van der Waals surface area contributed by atoms with E-state index >= 15 is 0 Å². The second kappa shape index (κ2) is 7.64. The van der Waals surface area contributed by atoms with Crippen molar-refractivity contribution in [3.8, 4) is 11.5 Å². The number of aromatic carboxylic acids is 1. The zero-order valence-corrected chi connectivity index (χ0v) is 14.1. The van der Waals surface area contributed by atoms with Gasteiger partial charge in [0.25, 0.3) is 0 Å². The summed E-state index contributed by atoms with van der Waals surface area (Å²) in [5.74, 6) is -0.00729. The molecule has 0 atom stereocenters. The Morgan fingerprint density at radius 3 is 2.35 bits per heavy atom. The zero-order chi connectivity index (χ0) is 16.8. The van der Waals surface area contributed by atoms with Gasteiger partial charge in [-0.05, 0) is 45.8 Å². The van der Waals surface area contributed by atoms with Crippen LogP contribution in [0.5, 0.6) is 11.5 Å². The third-order valence-electron chi connectivity index (χ3n) is 3.02. The van der Waals surface area contributed by atoms with Gasteiger partial charge in [0.1, 0.15) is 0 Å². The molecule has 0 aromatic heterocycles. The van der Waals surface area contributed by atoms with Crippen LogP contribution in [-0.4, -0.2) is 26.4 Å². The minimum Gasteiger partial charge on any atom is -0.545 e. The lowest BCUT2D eigenvalue weighted by Gasteiger charge is -2.09. The minimum absolute atomic E-state index is 0.113. The van der Waals surface area contributed by atoms with E-state index in [-0.39, 0.29) is 5.56 Å². The average Bonchev–Trinajstić information content (AvgIpc) is 2.56. The number of methoxy groups -OCH3 is 2. The van der Waals surface area contributed by atoms with Gasteiger partial charge in [0.2, 0.25) is 0 Å². The Bertz CT molecular complexity index is 730. The van der Waals surface area contributed by atoms with Crippen molar-refractivity contribution < 1.29 is 19.4 Å². The fraction of sp³-hybridized carbons (Fsp3) is 0.125. The second-order valence-electron chi connectivity index (χ2n) is 4.46. The Labute approximate surface area is 141 Å². The average molecular weight is 378 g/mol. The predicted octanol–water partition coefficient (Wildman–Crippen LogP) is 2.28. The summed E-state index contributed by atoms with van der Waals surface area (Å²) in [6.07, 6.45) is 1.61. The summed E-state index contributed by atoms with van der Waals surface area (Å²) in [6.45, 7) is 0. The molecule has 0 radical (unpaired) electrons. The number of anilines is 1. The topological polar surface area (TPSA) is 83.0 Å². The van der Waals surface area contributed by atoms with Gasteiger partial charge in [-0.25, -0.2) is 0 Å². The maximum absolute atomic E-state index is 10.7. The van der Waals surface area contributed by atoms with Crippen LogP contribution >= 0.6 is 15.9 Å². The van der Waals surface area contributed by atoms with E-state index in [9.17, 15) is 9.90 Å². The maximum atomic E-state index is 10.7.